The fraction of sp³-hybridized carbons (Fsp3) is 0.529. The van der Waals surface area contributed by atoms with E-state index in [1.54, 1.807) is 4.52 Å². The maximum Gasteiger partial charge on any atom is 0.226 e. The van der Waals surface area contributed by atoms with Gasteiger partial charge in [-0.1, -0.05) is 12.2 Å². The van der Waals surface area contributed by atoms with Gasteiger partial charge in [0.25, 0.3) is 0 Å². The molecule has 4 rings (SSSR count). The minimum Gasteiger partial charge on any atom is -0.351 e. The summed E-state index contributed by atoms with van der Waals surface area (Å²) in [7, 11) is 1.93. The zero-order valence-electron chi connectivity index (χ0n) is 14.1. The molecule has 1 unspecified atom stereocenters. The lowest BCUT2D eigenvalue weighted by molar-refractivity contribution is -0.137. The number of rotatable bonds is 3. The number of hydrogen-bond acceptors (Lipinski definition) is 5. The molecule has 1 aliphatic heterocycles. The smallest absolute Gasteiger partial charge is 0.226 e. The number of nitrogens with zero attached hydrogens (tertiary/aromatic N) is 6. The summed E-state index contributed by atoms with van der Waals surface area (Å²) in [5.74, 6) is 2.12. The van der Waals surface area contributed by atoms with Crippen LogP contribution in [0.25, 0.3) is 5.65 Å². The molecule has 0 saturated carbocycles. The molecule has 0 bridgehead atoms. The number of hydrogen-bond donors (Lipinski definition) is 0. The number of carbonyl (C=O) groups is 1. The topological polar surface area (TPSA) is 66.6 Å². The Bertz CT molecular complexity index is 791. The van der Waals surface area contributed by atoms with Gasteiger partial charge in [0, 0.05) is 26.1 Å². The molecule has 0 spiro atoms. The van der Waals surface area contributed by atoms with Gasteiger partial charge in [-0.2, -0.15) is 4.52 Å². The van der Waals surface area contributed by atoms with Crippen LogP contribution >= 0.6 is 0 Å². The molecule has 24 heavy (non-hydrogen) atoms. The van der Waals surface area contributed by atoms with E-state index in [-0.39, 0.29) is 17.9 Å². The lowest BCUT2D eigenvalue weighted by Crippen LogP contribution is -2.61. The molecule has 1 atom stereocenters. The number of aromatic nitrogens is 4. The number of carbonyl (C=O) groups excluding carboxylic acids is 1. The number of amides is 1. The molecule has 0 aromatic carbocycles. The van der Waals surface area contributed by atoms with Crippen LogP contribution in [0.2, 0.25) is 0 Å². The van der Waals surface area contributed by atoms with Gasteiger partial charge in [-0.3, -0.25) is 4.79 Å². The first-order chi connectivity index (χ1) is 11.6. The van der Waals surface area contributed by atoms with Crippen molar-refractivity contribution in [2.75, 3.05) is 25.0 Å². The molecule has 2 aliphatic rings. The van der Waals surface area contributed by atoms with Crippen LogP contribution in [0.15, 0.2) is 24.3 Å². The molecular formula is C17H22N6O. The van der Waals surface area contributed by atoms with Crippen molar-refractivity contribution in [1.82, 2.24) is 24.7 Å². The lowest BCUT2D eigenvalue weighted by Gasteiger charge is -2.45. The van der Waals surface area contributed by atoms with E-state index in [1.807, 2.05) is 31.0 Å². The molecule has 3 heterocycles. The molecule has 1 amide bonds. The highest BCUT2D eigenvalue weighted by molar-refractivity contribution is 5.79. The van der Waals surface area contributed by atoms with Crippen LogP contribution < -0.4 is 4.90 Å². The largest absolute Gasteiger partial charge is 0.351 e. The second kappa shape index (κ2) is 5.89. The standard InChI is InChI=1S/C17H22N6O/c1-12-18-19-15-8-9-16(20-23(12)15)22-10-14(11-22)21(2)17(24)13-6-4-3-5-7-13/h3-4,8-9,13-14H,5-7,10-11H2,1-2H3. The van der Waals surface area contributed by atoms with Crippen LogP contribution in [-0.2, 0) is 4.79 Å². The Morgan fingerprint density at radius 3 is 2.83 bits per heavy atom. The zero-order valence-corrected chi connectivity index (χ0v) is 14.1. The summed E-state index contributed by atoms with van der Waals surface area (Å²) in [5.41, 5.74) is 0.756. The van der Waals surface area contributed by atoms with Crippen LogP contribution in [0, 0.1) is 12.8 Å². The predicted octanol–water partition coefficient (Wildman–Crippen LogP) is 1.44. The highest BCUT2D eigenvalue weighted by atomic mass is 16.2. The van der Waals surface area contributed by atoms with Gasteiger partial charge >= 0.3 is 0 Å². The first kappa shape index (κ1) is 15.1. The van der Waals surface area contributed by atoms with E-state index >= 15 is 0 Å². The van der Waals surface area contributed by atoms with E-state index in [0.717, 1.165) is 49.6 Å². The normalized spacial score (nSPS) is 21.1. The summed E-state index contributed by atoms with van der Waals surface area (Å²) in [4.78, 5) is 16.7. The summed E-state index contributed by atoms with van der Waals surface area (Å²) in [5, 5.41) is 12.7. The van der Waals surface area contributed by atoms with Crippen LogP contribution in [0.5, 0.6) is 0 Å². The summed E-state index contributed by atoms with van der Waals surface area (Å²) >= 11 is 0. The average Bonchev–Trinajstić information content (AvgIpc) is 2.94. The first-order valence-electron chi connectivity index (χ1n) is 8.49. The van der Waals surface area contributed by atoms with E-state index in [4.69, 9.17) is 0 Å². The second-order valence-electron chi connectivity index (χ2n) is 6.70. The number of likely N-dealkylation sites (N-methyl/N-ethyl adjacent to an activating group) is 1. The second-order valence-corrected chi connectivity index (χ2v) is 6.70. The Balaban J connectivity index is 1.40. The van der Waals surface area contributed by atoms with Gasteiger partial charge < -0.3 is 9.80 Å². The average molecular weight is 326 g/mol. The van der Waals surface area contributed by atoms with Crippen LogP contribution in [-0.4, -0.2) is 56.8 Å². The van der Waals surface area contributed by atoms with Crippen molar-refractivity contribution < 1.29 is 4.79 Å². The van der Waals surface area contributed by atoms with E-state index in [1.165, 1.54) is 0 Å². The van der Waals surface area contributed by atoms with E-state index in [9.17, 15) is 4.79 Å². The van der Waals surface area contributed by atoms with Gasteiger partial charge in [0.15, 0.2) is 11.5 Å². The molecule has 2 aromatic heterocycles. The summed E-state index contributed by atoms with van der Waals surface area (Å²) in [6, 6.07) is 4.16. The maximum atomic E-state index is 12.6. The number of fused-ring (bicyclic) bond motifs is 1. The molecule has 1 aliphatic carbocycles. The minimum absolute atomic E-state index is 0.156. The molecular weight excluding hydrogens is 304 g/mol. The summed E-state index contributed by atoms with van der Waals surface area (Å²) in [6.07, 6.45) is 7.17. The molecule has 126 valence electrons. The Kier molecular flexibility index (Phi) is 3.70. The Labute approximate surface area is 141 Å². The third kappa shape index (κ3) is 2.53. The Morgan fingerprint density at radius 1 is 1.25 bits per heavy atom. The van der Waals surface area contributed by atoms with Crippen LogP contribution in [0.1, 0.15) is 25.1 Å². The summed E-state index contributed by atoms with van der Waals surface area (Å²) < 4.78 is 1.76. The van der Waals surface area contributed by atoms with Gasteiger partial charge in [0.05, 0.1) is 6.04 Å². The maximum absolute atomic E-state index is 12.6. The third-order valence-electron chi connectivity index (χ3n) is 5.10. The van der Waals surface area contributed by atoms with Gasteiger partial charge in [0.2, 0.25) is 5.91 Å². The van der Waals surface area contributed by atoms with Gasteiger partial charge in [-0.05, 0) is 38.3 Å². The summed E-state index contributed by atoms with van der Waals surface area (Å²) in [6.45, 7) is 3.54. The van der Waals surface area contributed by atoms with E-state index in [2.05, 4.69) is 32.3 Å². The predicted molar refractivity (Wildman–Crippen MR) is 90.8 cm³/mol. The van der Waals surface area contributed by atoms with Crippen molar-refractivity contribution in [3.05, 3.63) is 30.1 Å². The van der Waals surface area contributed by atoms with Crippen molar-refractivity contribution in [1.29, 1.82) is 0 Å². The Hall–Kier alpha value is -2.44. The van der Waals surface area contributed by atoms with E-state index in [0.29, 0.717) is 0 Å². The van der Waals surface area contributed by atoms with Crippen molar-refractivity contribution in [2.45, 2.75) is 32.2 Å². The van der Waals surface area contributed by atoms with Gasteiger partial charge in [-0.15, -0.1) is 15.3 Å². The molecule has 1 saturated heterocycles. The SMILES string of the molecule is Cc1nnc2ccc(N3CC(N(C)C(=O)C4CC=CCC4)C3)nn12. The Morgan fingerprint density at radius 2 is 2.08 bits per heavy atom. The van der Waals surface area contributed by atoms with Crippen molar-refractivity contribution in [2.24, 2.45) is 5.92 Å². The number of anilines is 1. The molecule has 7 heteroatoms. The lowest BCUT2D eigenvalue weighted by atomic mass is 9.92. The van der Waals surface area contributed by atoms with Crippen molar-refractivity contribution in [3.8, 4) is 0 Å². The monoisotopic (exact) mass is 326 g/mol. The van der Waals surface area contributed by atoms with Crippen molar-refractivity contribution in [3.63, 3.8) is 0 Å². The highest BCUT2D eigenvalue weighted by Gasteiger charge is 2.35. The molecule has 2 aromatic rings. The quantitative estimate of drug-likeness (QED) is 0.799. The fourth-order valence-corrected chi connectivity index (χ4v) is 3.43. The van der Waals surface area contributed by atoms with Gasteiger partial charge in [0.1, 0.15) is 5.82 Å². The van der Waals surface area contributed by atoms with Crippen LogP contribution in [0.3, 0.4) is 0 Å². The minimum atomic E-state index is 0.156. The van der Waals surface area contributed by atoms with E-state index < -0.39 is 0 Å². The van der Waals surface area contributed by atoms with Crippen LogP contribution in [0.4, 0.5) is 5.82 Å². The molecule has 0 radical (unpaired) electrons. The van der Waals surface area contributed by atoms with Crippen molar-refractivity contribution >= 4 is 17.4 Å². The molecule has 1 fully saturated rings. The fourth-order valence-electron chi connectivity index (χ4n) is 3.43. The zero-order chi connectivity index (χ0) is 16.7. The molecule has 7 nitrogen and oxygen atoms in total. The molecule has 0 N–H and O–H groups in total. The number of aryl methyl sites for hydroxylation is 1. The first-order valence-corrected chi connectivity index (χ1v) is 8.49. The third-order valence-corrected chi connectivity index (χ3v) is 5.10. The number of allylic oxidation sites excluding steroid dienone is 2. The van der Waals surface area contributed by atoms with Gasteiger partial charge in [-0.25, -0.2) is 0 Å². The highest BCUT2D eigenvalue weighted by Crippen LogP contribution is 2.25.